The van der Waals surface area contributed by atoms with Crippen LogP contribution in [0.2, 0.25) is 0 Å². The second-order valence-corrected chi connectivity index (χ2v) is 21.0. The van der Waals surface area contributed by atoms with Crippen molar-refractivity contribution >= 4 is 143 Å². The molecule has 0 unspecified atom stereocenters. The van der Waals surface area contributed by atoms with E-state index < -0.39 is 34.4 Å². The number of allylic oxidation sites excluding steroid dienone is 3. The van der Waals surface area contributed by atoms with Crippen LogP contribution in [0.1, 0.15) is 31.8 Å². The van der Waals surface area contributed by atoms with Crippen molar-refractivity contribution in [1.29, 1.82) is 0 Å². The molecule has 0 atom stereocenters. The second-order valence-electron chi connectivity index (χ2n) is 17.9. The van der Waals surface area contributed by atoms with E-state index in [9.17, 15) is 31.9 Å². The van der Waals surface area contributed by atoms with Gasteiger partial charge in [0.15, 0.2) is 28.8 Å². The predicted molar refractivity (Wildman–Crippen MR) is 331 cm³/mol. The second kappa shape index (κ2) is 26.1. The zero-order chi connectivity index (χ0) is 58.0. The number of carbonyl (C=O) groups is 3. The van der Waals surface area contributed by atoms with E-state index in [0.29, 0.717) is 33.8 Å². The molecule has 82 heavy (non-hydrogen) atoms. The molecule has 10 aromatic carbocycles. The molecule has 0 spiro atoms. The lowest BCUT2D eigenvalue weighted by atomic mass is 9.96. The van der Waals surface area contributed by atoms with Gasteiger partial charge >= 0.3 is 0 Å². The van der Waals surface area contributed by atoms with E-state index in [0.717, 1.165) is 99.9 Å². The van der Waals surface area contributed by atoms with Crippen molar-refractivity contribution in [3.8, 4) is 22.8 Å². The normalized spacial score (nSPS) is 11.1. The number of nitrogens with two attached hydrogens (primary N) is 2. The first-order valence-electron chi connectivity index (χ1n) is 24.7. The van der Waals surface area contributed by atoms with Gasteiger partial charge in [-0.25, -0.2) is 32.3 Å². The van der Waals surface area contributed by atoms with Gasteiger partial charge in [0.25, 0.3) is 11.1 Å². The van der Waals surface area contributed by atoms with Crippen LogP contribution in [0, 0.1) is 29.3 Å². The molecular weight excluding hydrogens is 1260 g/mol. The van der Waals surface area contributed by atoms with Crippen LogP contribution in [0.3, 0.4) is 0 Å². The van der Waals surface area contributed by atoms with Gasteiger partial charge in [-0.2, -0.15) is 0 Å². The Morgan fingerprint density at radius 2 is 1.10 bits per heavy atom. The highest BCUT2D eigenvalue weighted by molar-refractivity contribution is 9.11. The summed E-state index contributed by atoms with van der Waals surface area (Å²) in [7, 11) is 0. The molecule has 17 heteroatoms. The van der Waals surface area contributed by atoms with Crippen LogP contribution in [-0.4, -0.2) is 37.0 Å². The lowest BCUT2D eigenvalue weighted by Gasteiger charge is -2.11. The van der Waals surface area contributed by atoms with Crippen molar-refractivity contribution in [1.82, 2.24) is 19.5 Å². The fraction of sp³-hybridized carbons (Fsp3) is 0. The lowest BCUT2D eigenvalue weighted by molar-refractivity contribution is -0.103. The summed E-state index contributed by atoms with van der Waals surface area (Å²) < 4.78 is 56.1. The summed E-state index contributed by atoms with van der Waals surface area (Å²) in [6.45, 7) is 0. The summed E-state index contributed by atoms with van der Waals surface area (Å²) in [6, 6.07) is 58.8. The molecule has 0 radical (unpaired) electrons. The number of anilines is 2. The molecule has 0 aliphatic heterocycles. The topological polar surface area (TPSA) is 150 Å². The van der Waals surface area contributed by atoms with Crippen LogP contribution in [0.5, 0.6) is 0 Å². The molecule has 1 aliphatic rings. The SMILES string of the molecule is Brc1ccc2nc(-c3cccc4ccccc34)[nH]c2c1.Nc1ccc(Br)cc1N.O=C(Cl)c1ccc(F)c(F)c1.O=C(c1ccc(F)c(F)c1)n1c(-c2cccc3ccccc23)nc2ccc(Br)cc21.O=CC1=[C+]C=Cc2ccccc21. The Morgan fingerprint density at radius 1 is 0.549 bits per heavy atom. The number of benzene rings is 10. The van der Waals surface area contributed by atoms with E-state index in [4.69, 9.17) is 33.0 Å². The number of hydrogen-bond donors (Lipinski definition) is 3. The van der Waals surface area contributed by atoms with Gasteiger partial charge in [-0.3, -0.25) is 14.2 Å². The largest absolute Gasteiger partial charge is 0.397 e. The Kier molecular flexibility index (Phi) is 18.4. The number of nitrogen functional groups attached to an aromatic ring is 2. The number of hydrogen-bond acceptors (Lipinski definition) is 7. The predicted octanol–water partition coefficient (Wildman–Crippen LogP) is 17.8. The van der Waals surface area contributed by atoms with Crippen molar-refractivity contribution < 1.29 is 31.9 Å². The number of nitrogens with zero attached hydrogens (tertiary/aromatic N) is 3. The van der Waals surface area contributed by atoms with E-state index in [1.807, 2.05) is 103 Å². The van der Waals surface area contributed by atoms with Crippen molar-refractivity contribution in [3.05, 3.63) is 271 Å². The minimum atomic E-state index is -1.07. The molecule has 12 aromatic rings. The standard InChI is InChI=1S/C24H13BrF2N2O.C17H11BrN2.C11H7O.C7H3ClF2O.C6H7BrN2/c25-16-9-11-21-22(13-16)29(24(30)15-8-10-19(26)20(27)12-15)23(28-21)18-7-3-5-14-4-1-2-6-17(14)18;18-12-8-9-15-16(10-12)20-17(19-15)14-7-3-5-11-4-1-2-6-13(11)14;12-8-10-6-3-5-9-4-1-2-7-11(9)10;8-7(11)4-1-2-5(9)6(10)3-4;7-4-1-2-5(8)6(9)3-4/h1-13H;1-10H,(H,19,20);1-5,7-8H;1-3H;1-3H,8-9H2/q;;+1;;. The number of carbonyl (C=O) groups excluding carboxylic acids is 3. The number of halogens is 8. The first-order chi connectivity index (χ1) is 39.6. The van der Waals surface area contributed by atoms with Crippen LogP contribution < -0.4 is 11.5 Å². The van der Waals surface area contributed by atoms with E-state index in [1.165, 1.54) is 21.4 Å². The summed E-state index contributed by atoms with van der Waals surface area (Å²) in [5.74, 6) is -3.28. The van der Waals surface area contributed by atoms with Crippen molar-refractivity contribution in [2.24, 2.45) is 0 Å². The molecule has 9 nitrogen and oxygen atoms in total. The zero-order valence-corrected chi connectivity index (χ0v) is 48.0. The molecule has 404 valence electrons. The monoisotopic (exact) mass is 1300 g/mol. The maximum absolute atomic E-state index is 13.8. The highest BCUT2D eigenvalue weighted by Gasteiger charge is 2.23. The van der Waals surface area contributed by atoms with E-state index >= 15 is 0 Å². The highest BCUT2D eigenvalue weighted by Crippen LogP contribution is 2.34. The van der Waals surface area contributed by atoms with Gasteiger partial charge in [0.05, 0.1) is 50.6 Å². The molecule has 2 aromatic heterocycles. The number of aromatic amines is 1. The van der Waals surface area contributed by atoms with Gasteiger partial charge in [-0.15, -0.1) is 0 Å². The van der Waals surface area contributed by atoms with Crippen molar-refractivity contribution in [2.75, 3.05) is 11.5 Å². The molecule has 0 bridgehead atoms. The van der Waals surface area contributed by atoms with Crippen LogP contribution in [0.15, 0.2) is 220 Å². The number of nitrogens with one attached hydrogen (secondary N) is 1. The maximum Gasteiger partial charge on any atom is 0.264 e. The first-order valence-corrected chi connectivity index (χ1v) is 27.4. The minimum absolute atomic E-state index is 0.0367. The number of fused-ring (bicyclic) bond motifs is 5. The van der Waals surface area contributed by atoms with Gasteiger partial charge in [0.1, 0.15) is 11.6 Å². The van der Waals surface area contributed by atoms with Crippen molar-refractivity contribution in [2.45, 2.75) is 0 Å². The quantitative estimate of drug-likeness (QED) is 0.0510. The molecule has 1 aliphatic carbocycles. The van der Waals surface area contributed by atoms with Crippen LogP contribution in [-0.2, 0) is 4.79 Å². The summed E-state index contributed by atoms with van der Waals surface area (Å²) in [5.41, 5.74) is 19.9. The molecular formula is C65H41Br3ClF4N6O3+. The van der Waals surface area contributed by atoms with Gasteiger partial charge < -0.3 is 16.5 Å². The average Bonchev–Trinajstić information content (AvgIpc) is 4.19. The van der Waals surface area contributed by atoms with Gasteiger partial charge in [-0.05, 0) is 136 Å². The number of H-pyrrole nitrogens is 1. The summed E-state index contributed by atoms with van der Waals surface area (Å²) in [6.07, 6.45) is 7.45. The third kappa shape index (κ3) is 13.5. The Bertz CT molecular complexity index is 4460. The zero-order valence-electron chi connectivity index (χ0n) is 42.5. The Labute approximate surface area is 497 Å². The molecule has 0 saturated carbocycles. The van der Waals surface area contributed by atoms with Crippen LogP contribution >= 0.6 is 59.4 Å². The smallest absolute Gasteiger partial charge is 0.264 e. The summed E-state index contributed by atoms with van der Waals surface area (Å²) in [5, 5.41) is 3.59. The van der Waals surface area contributed by atoms with E-state index in [-0.39, 0.29) is 11.1 Å². The maximum atomic E-state index is 13.8. The van der Waals surface area contributed by atoms with Gasteiger partial charge in [-0.1, -0.05) is 145 Å². The Balaban J connectivity index is 0.000000134. The highest BCUT2D eigenvalue weighted by atomic mass is 79.9. The molecule has 0 saturated heterocycles. The Morgan fingerprint density at radius 3 is 1.74 bits per heavy atom. The van der Waals surface area contributed by atoms with Crippen LogP contribution in [0.25, 0.3) is 78.0 Å². The molecule has 2 heterocycles. The fourth-order valence-electron chi connectivity index (χ4n) is 8.60. The molecule has 0 fully saturated rings. The number of rotatable bonds is 5. The molecule has 13 rings (SSSR count). The van der Waals surface area contributed by atoms with Gasteiger partial charge in [0.2, 0.25) is 6.29 Å². The number of aldehydes is 1. The van der Waals surface area contributed by atoms with Crippen LogP contribution in [0.4, 0.5) is 28.9 Å². The average molecular weight is 1310 g/mol. The van der Waals surface area contributed by atoms with E-state index in [1.54, 1.807) is 24.3 Å². The van der Waals surface area contributed by atoms with E-state index in [2.05, 4.69) is 107 Å². The molecule has 0 amide bonds. The first kappa shape index (κ1) is 57.8. The number of imidazole rings is 2. The minimum Gasteiger partial charge on any atom is -0.397 e. The summed E-state index contributed by atoms with van der Waals surface area (Å²) in [4.78, 5) is 47.2. The number of aromatic nitrogens is 4. The van der Waals surface area contributed by atoms with Gasteiger partial charge in [0, 0.05) is 47.8 Å². The Hall–Kier alpha value is -8.89. The lowest BCUT2D eigenvalue weighted by Crippen LogP contribution is -2.14. The van der Waals surface area contributed by atoms with Crippen molar-refractivity contribution in [3.63, 3.8) is 0 Å². The third-order valence-electron chi connectivity index (χ3n) is 12.6. The fourth-order valence-corrected chi connectivity index (χ4v) is 9.81. The molecule has 5 N–H and O–H groups in total. The summed E-state index contributed by atoms with van der Waals surface area (Å²) >= 11 is 15.2. The third-order valence-corrected chi connectivity index (χ3v) is 14.3.